The summed E-state index contributed by atoms with van der Waals surface area (Å²) in [5.41, 5.74) is 1.59. The van der Waals surface area contributed by atoms with Crippen LogP contribution in [-0.2, 0) is 25.7 Å². The van der Waals surface area contributed by atoms with Crippen molar-refractivity contribution in [2.75, 3.05) is 11.9 Å². The molecule has 1 saturated heterocycles. The third kappa shape index (κ3) is 4.55. The quantitative estimate of drug-likeness (QED) is 0.789. The van der Waals surface area contributed by atoms with Crippen molar-refractivity contribution in [1.29, 1.82) is 0 Å². The summed E-state index contributed by atoms with van der Waals surface area (Å²) in [6.07, 6.45) is 0.661. The molecule has 1 N–H and O–H groups in total. The highest BCUT2D eigenvalue weighted by molar-refractivity contribution is 5.96. The van der Waals surface area contributed by atoms with Gasteiger partial charge in [-0.3, -0.25) is 14.4 Å². The van der Waals surface area contributed by atoms with Crippen LogP contribution in [0.5, 0.6) is 0 Å². The highest BCUT2D eigenvalue weighted by Crippen LogP contribution is 2.22. The van der Waals surface area contributed by atoms with Crippen LogP contribution in [-0.4, -0.2) is 35.3 Å². The van der Waals surface area contributed by atoms with Crippen LogP contribution in [0, 0.1) is 12.8 Å². The topological polar surface area (TPSA) is 88.8 Å². The van der Waals surface area contributed by atoms with E-state index in [9.17, 15) is 14.4 Å². The van der Waals surface area contributed by atoms with E-state index in [1.54, 1.807) is 23.1 Å². The minimum atomic E-state index is -0.952. The lowest BCUT2D eigenvalue weighted by Crippen LogP contribution is -2.33. The van der Waals surface area contributed by atoms with Crippen LogP contribution in [0.1, 0.15) is 24.7 Å². The molecular formula is C20H22N2O5. The molecule has 27 heavy (non-hydrogen) atoms. The summed E-state index contributed by atoms with van der Waals surface area (Å²) in [6, 6.07) is 10.9. The molecule has 0 aliphatic carbocycles. The molecule has 0 saturated carbocycles. The third-order valence-electron chi connectivity index (χ3n) is 4.54. The lowest BCUT2D eigenvalue weighted by Gasteiger charge is -2.17. The van der Waals surface area contributed by atoms with Crippen molar-refractivity contribution >= 4 is 23.5 Å². The van der Waals surface area contributed by atoms with Gasteiger partial charge in [0.25, 0.3) is 5.91 Å². The number of esters is 1. The Morgan fingerprint density at radius 2 is 2.07 bits per heavy atom. The number of furan rings is 1. The van der Waals surface area contributed by atoms with Crippen LogP contribution < -0.4 is 5.32 Å². The fourth-order valence-electron chi connectivity index (χ4n) is 2.95. The van der Waals surface area contributed by atoms with Crippen LogP contribution in [0.4, 0.5) is 5.69 Å². The van der Waals surface area contributed by atoms with Crippen molar-refractivity contribution in [1.82, 2.24) is 4.90 Å². The highest BCUT2D eigenvalue weighted by atomic mass is 16.5. The van der Waals surface area contributed by atoms with Crippen molar-refractivity contribution < 1.29 is 23.5 Å². The van der Waals surface area contributed by atoms with Crippen LogP contribution in [0.3, 0.4) is 0 Å². The Balaban J connectivity index is 1.53. The molecule has 0 unspecified atom stereocenters. The molecule has 0 bridgehead atoms. The van der Waals surface area contributed by atoms with E-state index < -0.39 is 23.9 Å². The molecule has 2 amide bonds. The molecule has 1 fully saturated rings. The fourth-order valence-corrected chi connectivity index (χ4v) is 2.95. The second-order valence-electron chi connectivity index (χ2n) is 6.64. The van der Waals surface area contributed by atoms with Gasteiger partial charge in [-0.1, -0.05) is 18.2 Å². The number of carbonyl (C=O) groups is 3. The summed E-state index contributed by atoms with van der Waals surface area (Å²) >= 11 is 0. The van der Waals surface area contributed by atoms with Gasteiger partial charge in [0.1, 0.15) is 5.76 Å². The molecule has 3 rings (SSSR count). The Morgan fingerprint density at radius 1 is 1.30 bits per heavy atom. The number of nitrogens with zero attached hydrogens (tertiary/aromatic N) is 1. The van der Waals surface area contributed by atoms with Gasteiger partial charge in [0.15, 0.2) is 6.10 Å². The number of para-hydroxylation sites is 1. The van der Waals surface area contributed by atoms with E-state index >= 15 is 0 Å². The number of ether oxygens (including phenoxy) is 1. The normalized spacial score (nSPS) is 17.6. The molecular weight excluding hydrogens is 348 g/mol. The summed E-state index contributed by atoms with van der Waals surface area (Å²) in [7, 11) is 0. The second kappa shape index (κ2) is 8.07. The number of carbonyl (C=O) groups excluding carboxylic acids is 3. The maximum atomic E-state index is 12.4. The summed E-state index contributed by atoms with van der Waals surface area (Å²) < 4.78 is 10.5. The van der Waals surface area contributed by atoms with E-state index in [0.717, 1.165) is 5.56 Å². The number of hydrogen-bond acceptors (Lipinski definition) is 5. The molecule has 7 nitrogen and oxygen atoms in total. The van der Waals surface area contributed by atoms with Crippen molar-refractivity contribution in [3.05, 3.63) is 54.0 Å². The average molecular weight is 370 g/mol. The molecule has 1 aliphatic heterocycles. The van der Waals surface area contributed by atoms with E-state index in [1.807, 2.05) is 25.1 Å². The Bertz CT molecular complexity index is 831. The van der Waals surface area contributed by atoms with E-state index in [1.165, 1.54) is 13.2 Å². The molecule has 1 aromatic carbocycles. The number of hydrogen-bond donors (Lipinski definition) is 1. The smallest absolute Gasteiger partial charge is 0.312 e. The number of aryl methyl sites for hydroxylation is 1. The number of amides is 2. The highest BCUT2D eigenvalue weighted by Gasteiger charge is 2.36. The minimum absolute atomic E-state index is 0.0751. The van der Waals surface area contributed by atoms with Gasteiger partial charge in [-0.25, -0.2) is 0 Å². The Morgan fingerprint density at radius 3 is 2.78 bits per heavy atom. The molecule has 2 heterocycles. The van der Waals surface area contributed by atoms with Gasteiger partial charge in [0.05, 0.1) is 18.7 Å². The van der Waals surface area contributed by atoms with E-state index in [4.69, 9.17) is 9.15 Å². The summed E-state index contributed by atoms with van der Waals surface area (Å²) in [4.78, 5) is 38.3. The fraction of sp³-hybridized carbons (Fsp3) is 0.350. The lowest BCUT2D eigenvalue weighted by molar-refractivity contribution is -0.157. The maximum Gasteiger partial charge on any atom is 0.312 e. The monoisotopic (exact) mass is 370 g/mol. The van der Waals surface area contributed by atoms with Crippen LogP contribution in [0.15, 0.2) is 47.1 Å². The number of anilines is 1. The van der Waals surface area contributed by atoms with E-state index in [0.29, 0.717) is 18.0 Å². The standard InChI is InChI=1S/C20H22N2O5/c1-13-6-3-4-8-17(13)21-19(24)14(2)27-20(25)15-10-18(23)22(11-15)12-16-7-5-9-26-16/h3-9,14-15H,10-12H2,1-2H3,(H,21,24)/t14-,15-/m1/s1. The predicted molar refractivity (Wildman–Crippen MR) is 97.6 cm³/mol. The predicted octanol–water partition coefficient (Wildman–Crippen LogP) is 2.51. The van der Waals surface area contributed by atoms with E-state index in [2.05, 4.69) is 5.32 Å². The number of rotatable bonds is 6. The van der Waals surface area contributed by atoms with Gasteiger partial charge in [0.2, 0.25) is 5.91 Å². The molecule has 2 atom stereocenters. The summed E-state index contributed by atoms with van der Waals surface area (Å²) in [6.45, 7) is 3.97. The first-order chi connectivity index (χ1) is 12.9. The van der Waals surface area contributed by atoms with Crippen LogP contribution in [0.25, 0.3) is 0 Å². The Kier molecular flexibility index (Phi) is 5.59. The van der Waals surface area contributed by atoms with Crippen molar-refractivity contribution in [2.45, 2.75) is 32.9 Å². The van der Waals surface area contributed by atoms with Gasteiger partial charge in [-0.15, -0.1) is 0 Å². The zero-order chi connectivity index (χ0) is 19.4. The van der Waals surface area contributed by atoms with Crippen molar-refractivity contribution in [3.8, 4) is 0 Å². The first-order valence-electron chi connectivity index (χ1n) is 8.81. The van der Waals surface area contributed by atoms with Crippen molar-refractivity contribution in [2.24, 2.45) is 5.92 Å². The summed E-state index contributed by atoms with van der Waals surface area (Å²) in [5.74, 6) is -1.01. The number of benzene rings is 1. The molecule has 0 radical (unpaired) electrons. The minimum Gasteiger partial charge on any atom is -0.467 e. The van der Waals surface area contributed by atoms with E-state index in [-0.39, 0.29) is 18.9 Å². The Hall–Kier alpha value is -3.09. The molecule has 7 heteroatoms. The maximum absolute atomic E-state index is 12.4. The molecule has 0 spiro atoms. The molecule has 142 valence electrons. The van der Waals surface area contributed by atoms with Gasteiger partial charge in [-0.2, -0.15) is 0 Å². The first kappa shape index (κ1) is 18.7. The molecule has 2 aromatic rings. The van der Waals surface area contributed by atoms with Crippen LogP contribution in [0.2, 0.25) is 0 Å². The lowest BCUT2D eigenvalue weighted by atomic mass is 10.1. The SMILES string of the molecule is Cc1ccccc1NC(=O)[C@@H](C)OC(=O)[C@@H]1CC(=O)N(Cc2ccco2)C1. The first-order valence-corrected chi connectivity index (χ1v) is 8.81. The van der Waals surface area contributed by atoms with Gasteiger partial charge in [-0.05, 0) is 37.6 Å². The van der Waals surface area contributed by atoms with Gasteiger partial charge < -0.3 is 19.4 Å². The molecule has 1 aliphatic rings. The van der Waals surface area contributed by atoms with Gasteiger partial charge in [0, 0.05) is 18.7 Å². The average Bonchev–Trinajstić information content (AvgIpc) is 3.27. The second-order valence-corrected chi connectivity index (χ2v) is 6.64. The number of likely N-dealkylation sites (tertiary alicyclic amines) is 1. The summed E-state index contributed by atoms with van der Waals surface area (Å²) in [5, 5.41) is 2.75. The Labute approximate surface area is 157 Å². The van der Waals surface area contributed by atoms with Gasteiger partial charge >= 0.3 is 5.97 Å². The zero-order valence-corrected chi connectivity index (χ0v) is 15.3. The largest absolute Gasteiger partial charge is 0.467 e. The van der Waals surface area contributed by atoms with Crippen LogP contribution >= 0.6 is 0 Å². The third-order valence-corrected chi connectivity index (χ3v) is 4.54. The molecule has 1 aromatic heterocycles. The zero-order valence-electron chi connectivity index (χ0n) is 15.3. The van der Waals surface area contributed by atoms with Crippen molar-refractivity contribution in [3.63, 3.8) is 0 Å². The number of nitrogens with one attached hydrogen (secondary N) is 1.